The normalized spacial score (nSPS) is 13.0. The molecule has 0 fully saturated rings. The van der Waals surface area contributed by atoms with Crippen molar-refractivity contribution in [3.63, 3.8) is 0 Å². The van der Waals surface area contributed by atoms with Crippen LogP contribution in [-0.2, 0) is 4.74 Å². The average Bonchev–Trinajstić information content (AvgIpc) is 2.08. The third-order valence-corrected chi connectivity index (χ3v) is 2.57. The number of thioether (sulfide) groups is 1. The summed E-state index contributed by atoms with van der Waals surface area (Å²) in [7, 11) is 0. The first-order valence-corrected chi connectivity index (χ1v) is 6.84. The molecule has 0 aromatic heterocycles. The van der Waals surface area contributed by atoms with Gasteiger partial charge in [-0.1, -0.05) is 12.2 Å². The fraction of sp³-hybridized carbons (Fsp3) is 0.800. The Morgan fingerprint density at radius 1 is 1.56 bits per heavy atom. The third-order valence-electron chi connectivity index (χ3n) is 1.65. The van der Waals surface area contributed by atoms with Crippen LogP contribution in [0.25, 0.3) is 0 Å². The van der Waals surface area contributed by atoms with Crippen LogP contribution in [0.2, 0.25) is 0 Å². The number of nitrogens with two attached hydrogens (primary N) is 1. The Morgan fingerprint density at radius 2 is 2.12 bits per heavy atom. The van der Waals surface area contributed by atoms with Crippen molar-refractivity contribution >= 4 is 35.1 Å². The maximum Gasteiger partial charge on any atom is 0.408 e. The molecule has 0 saturated carbocycles. The topological polar surface area (TPSA) is 64.3 Å². The van der Waals surface area contributed by atoms with Crippen molar-refractivity contribution in [1.82, 2.24) is 5.32 Å². The van der Waals surface area contributed by atoms with Gasteiger partial charge in [0.1, 0.15) is 5.60 Å². The maximum absolute atomic E-state index is 11.5. The van der Waals surface area contributed by atoms with Crippen LogP contribution in [-0.4, -0.2) is 34.7 Å². The van der Waals surface area contributed by atoms with Gasteiger partial charge in [0.15, 0.2) is 0 Å². The van der Waals surface area contributed by atoms with Crippen molar-refractivity contribution in [2.24, 2.45) is 5.73 Å². The van der Waals surface area contributed by atoms with E-state index < -0.39 is 11.7 Å². The molecule has 6 heteroatoms. The summed E-state index contributed by atoms with van der Waals surface area (Å²) in [5.41, 5.74) is 5.03. The fourth-order valence-corrected chi connectivity index (χ4v) is 1.62. The molecule has 0 unspecified atom stereocenters. The zero-order valence-corrected chi connectivity index (χ0v) is 11.8. The summed E-state index contributed by atoms with van der Waals surface area (Å²) in [5.74, 6) is 0.887. The number of amides is 1. The van der Waals surface area contributed by atoms with Crippen LogP contribution in [0, 0.1) is 0 Å². The lowest BCUT2D eigenvalue weighted by atomic mass is 10.2. The molecule has 0 aromatic carbocycles. The Kier molecular flexibility index (Phi) is 6.74. The minimum atomic E-state index is -0.510. The Labute approximate surface area is 107 Å². The van der Waals surface area contributed by atoms with E-state index in [2.05, 4.69) is 5.32 Å². The molecule has 0 spiro atoms. The predicted octanol–water partition coefficient (Wildman–Crippen LogP) is 1.92. The highest BCUT2D eigenvalue weighted by Gasteiger charge is 2.20. The molecule has 0 heterocycles. The number of ether oxygens (including phenoxy) is 1. The largest absolute Gasteiger partial charge is 0.444 e. The molecule has 0 rings (SSSR count). The van der Waals surface area contributed by atoms with Gasteiger partial charge >= 0.3 is 6.09 Å². The number of carbonyl (C=O) groups is 1. The molecule has 1 atom stereocenters. The summed E-state index contributed by atoms with van der Waals surface area (Å²) >= 11 is 6.57. The lowest BCUT2D eigenvalue weighted by molar-refractivity contribution is 0.0517. The van der Waals surface area contributed by atoms with Crippen LogP contribution in [0.15, 0.2) is 0 Å². The van der Waals surface area contributed by atoms with Crippen molar-refractivity contribution in [3.8, 4) is 0 Å². The smallest absolute Gasteiger partial charge is 0.408 e. The highest BCUT2D eigenvalue weighted by atomic mass is 32.2. The summed E-state index contributed by atoms with van der Waals surface area (Å²) in [6.45, 7) is 5.43. The van der Waals surface area contributed by atoms with Gasteiger partial charge in [0.2, 0.25) is 0 Å². The van der Waals surface area contributed by atoms with Gasteiger partial charge in [0, 0.05) is 0 Å². The van der Waals surface area contributed by atoms with Crippen molar-refractivity contribution in [3.05, 3.63) is 0 Å². The van der Waals surface area contributed by atoms with Crippen LogP contribution in [0.4, 0.5) is 4.79 Å². The van der Waals surface area contributed by atoms with Crippen molar-refractivity contribution in [2.75, 3.05) is 12.0 Å². The minimum absolute atomic E-state index is 0.292. The number of alkyl carbamates (subject to hydrolysis) is 1. The van der Waals surface area contributed by atoms with E-state index in [1.54, 1.807) is 11.8 Å². The highest BCUT2D eigenvalue weighted by Crippen LogP contribution is 2.08. The predicted molar refractivity (Wildman–Crippen MR) is 72.9 cm³/mol. The Bertz CT molecular complexity index is 252. The molecule has 1 amide bonds. The summed E-state index contributed by atoms with van der Waals surface area (Å²) in [5, 5.41) is 2.67. The monoisotopic (exact) mass is 264 g/mol. The highest BCUT2D eigenvalue weighted by molar-refractivity contribution is 7.98. The van der Waals surface area contributed by atoms with Gasteiger partial charge in [-0.25, -0.2) is 4.79 Å². The van der Waals surface area contributed by atoms with E-state index in [1.807, 2.05) is 27.0 Å². The van der Waals surface area contributed by atoms with Gasteiger partial charge < -0.3 is 15.8 Å². The van der Waals surface area contributed by atoms with Gasteiger partial charge in [0.05, 0.1) is 11.0 Å². The summed E-state index contributed by atoms with van der Waals surface area (Å²) in [6, 6.07) is -0.294. The maximum atomic E-state index is 11.5. The standard InChI is InChI=1S/C10H20N2O2S2/c1-10(2,3)14-9(13)12-7(8(11)15)5-6-16-4/h7H,5-6H2,1-4H3,(H2,11,15)(H,12,13)/t7-/m0/s1. The van der Waals surface area contributed by atoms with Gasteiger partial charge in [-0.15, -0.1) is 0 Å². The van der Waals surface area contributed by atoms with Crippen molar-refractivity contribution < 1.29 is 9.53 Å². The molecule has 0 aliphatic rings. The van der Waals surface area contributed by atoms with E-state index in [1.165, 1.54) is 0 Å². The zero-order valence-electron chi connectivity index (χ0n) is 10.2. The SMILES string of the molecule is CSCC[C@H](NC(=O)OC(C)(C)C)C(N)=S. The van der Waals surface area contributed by atoms with Crippen molar-refractivity contribution in [1.29, 1.82) is 0 Å². The number of hydrogen-bond acceptors (Lipinski definition) is 4. The number of nitrogens with one attached hydrogen (secondary N) is 1. The first-order valence-electron chi connectivity index (χ1n) is 5.04. The molecule has 0 bridgehead atoms. The van der Waals surface area contributed by atoms with Crippen LogP contribution in [0.5, 0.6) is 0 Å². The first-order chi connectivity index (χ1) is 7.26. The lowest BCUT2D eigenvalue weighted by Gasteiger charge is -2.23. The molecule has 3 N–H and O–H groups in total. The quantitative estimate of drug-likeness (QED) is 0.743. The lowest BCUT2D eigenvalue weighted by Crippen LogP contribution is -2.45. The fourth-order valence-electron chi connectivity index (χ4n) is 0.971. The van der Waals surface area contributed by atoms with E-state index in [4.69, 9.17) is 22.7 Å². The summed E-state index contributed by atoms with van der Waals surface area (Å²) < 4.78 is 5.13. The molecule has 0 saturated heterocycles. The minimum Gasteiger partial charge on any atom is -0.444 e. The Hall–Kier alpha value is -0.490. The van der Waals surface area contributed by atoms with Crippen LogP contribution in [0.3, 0.4) is 0 Å². The van der Waals surface area contributed by atoms with Gasteiger partial charge in [0.25, 0.3) is 0 Å². The molecular formula is C10H20N2O2S2. The molecular weight excluding hydrogens is 244 g/mol. The van der Waals surface area contributed by atoms with Crippen LogP contribution < -0.4 is 11.1 Å². The number of rotatable bonds is 5. The van der Waals surface area contributed by atoms with Gasteiger partial charge in [-0.3, -0.25) is 0 Å². The first kappa shape index (κ1) is 15.5. The van der Waals surface area contributed by atoms with Gasteiger partial charge in [-0.2, -0.15) is 11.8 Å². The Balaban J connectivity index is 4.19. The van der Waals surface area contributed by atoms with E-state index in [-0.39, 0.29) is 6.04 Å². The van der Waals surface area contributed by atoms with Crippen molar-refractivity contribution in [2.45, 2.75) is 38.8 Å². The second kappa shape index (κ2) is 6.96. The van der Waals surface area contributed by atoms with Crippen LogP contribution >= 0.6 is 24.0 Å². The van der Waals surface area contributed by atoms with E-state index >= 15 is 0 Å². The number of hydrogen-bond donors (Lipinski definition) is 2. The number of thiocarbonyl (C=S) groups is 1. The summed E-state index contributed by atoms with van der Waals surface area (Å²) in [6.07, 6.45) is 2.23. The molecule has 0 aliphatic carbocycles. The van der Waals surface area contributed by atoms with E-state index in [0.29, 0.717) is 4.99 Å². The van der Waals surface area contributed by atoms with Gasteiger partial charge in [-0.05, 0) is 39.2 Å². The second-order valence-electron chi connectivity index (χ2n) is 4.38. The molecule has 0 radical (unpaired) electrons. The van der Waals surface area contributed by atoms with E-state index in [9.17, 15) is 4.79 Å². The summed E-state index contributed by atoms with van der Waals surface area (Å²) in [4.78, 5) is 11.8. The second-order valence-corrected chi connectivity index (χ2v) is 5.84. The number of carbonyl (C=O) groups excluding carboxylic acids is 1. The zero-order chi connectivity index (χ0) is 12.8. The molecule has 0 aliphatic heterocycles. The average molecular weight is 264 g/mol. The third kappa shape index (κ3) is 7.76. The molecule has 0 aromatic rings. The Morgan fingerprint density at radius 3 is 2.50 bits per heavy atom. The van der Waals surface area contributed by atoms with Crippen LogP contribution in [0.1, 0.15) is 27.2 Å². The molecule has 4 nitrogen and oxygen atoms in total. The molecule has 16 heavy (non-hydrogen) atoms. The van der Waals surface area contributed by atoms with E-state index in [0.717, 1.165) is 12.2 Å². The molecule has 94 valence electrons.